The number of nitrogens with zero attached hydrogens (tertiary/aromatic N) is 3. The molecule has 1 fully saturated rings. The van der Waals surface area contributed by atoms with Gasteiger partial charge in [-0.2, -0.15) is 0 Å². The number of hydrogen-bond acceptors (Lipinski definition) is 5. The first-order chi connectivity index (χ1) is 9.51. The summed E-state index contributed by atoms with van der Waals surface area (Å²) in [5, 5.41) is 14.1. The molecular weight excluding hydrogens is 256 g/mol. The minimum atomic E-state index is -0.359. The third kappa shape index (κ3) is 3.18. The lowest BCUT2D eigenvalue weighted by Gasteiger charge is -2.19. The molecule has 1 aliphatic rings. The highest BCUT2D eigenvalue weighted by Crippen LogP contribution is 2.30. The highest BCUT2D eigenvalue weighted by atomic mass is 16.6. The van der Waals surface area contributed by atoms with Crippen molar-refractivity contribution >= 4 is 17.3 Å². The molecule has 6 heteroatoms. The molecule has 0 spiro atoms. The number of hydrogen-bond donors (Lipinski definition) is 1. The molecule has 0 amide bonds. The van der Waals surface area contributed by atoms with Crippen molar-refractivity contribution in [2.24, 2.45) is 11.8 Å². The molecule has 1 aliphatic heterocycles. The number of nitro groups is 1. The topological polar surface area (TPSA) is 71.3 Å². The second-order valence-corrected chi connectivity index (χ2v) is 5.60. The fraction of sp³-hybridized carbons (Fsp3) is 0.643. The van der Waals surface area contributed by atoms with Crippen molar-refractivity contribution in [2.75, 3.05) is 29.9 Å². The van der Waals surface area contributed by atoms with Gasteiger partial charge in [-0.3, -0.25) is 10.1 Å². The molecule has 20 heavy (non-hydrogen) atoms. The molecule has 1 saturated heterocycles. The smallest absolute Gasteiger partial charge is 0.276 e. The molecule has 0 saturated carbocycles. The van der Waals surface area contributed by atoms with Gasteiger partial charge in [0, 0.05) is 19.6 Å². The van der Waals surface area contributed by atoms with E-state index in [0.717, 1.165) is 19.5 Å². The minimum Gasteiger partial charge on any atom is -0.370 e. The van der Waals surface area contributed by atoms with E-state index >= 15 is 0 Å². The van der Waals surface area contributed by atoms with Crippen LogP contribution in [-0.2, 0) is 0 Å². The predicted octanol–water partition coefficient (Wildman–Crippen LogP) is 2.90. The molecule has 1 aromatic rings. The largest absolute Gasteiger partial charge is 0.370 e. The molecule has 0 aliphatic carbocycles. The van der Waals surface area contributed by atoms with E-state index in [0.29, 0.717) is 30.0 Å². The number of aromatic nitrogens is 1. The summed E-state index contributed by atoms with van der Waals surface area (Å²) in [4.78, 5) is 17.3. The Bertz CT molecular complexity index is 490. The summed E-state index contributed by atoms with van der Waals surface area (Å²) in [6.45, 7) is 8.94. The fourth-order valence-electron chi connectivity index (χ4n) is 2.58. The van der Waals surface area contributed by atoms with Gasteiger partial charge in [-0.1, -0.05) is 13.8 Å². The molecule has 6 nitrogen and oxygen atoms in total. The molecule has 1 aromatic heterocycles. The van der Waals surface area contributed by atoms with Gasteiger partial charge in [0.1, 0.15) is 11.6 Å². The normalized spacial score (nSPS) is 18.6. The monoisotopic (exact) mass is 278 g/mol. The zero-order valence-corrected chi connectivity index (χ0v) is 12.3. The lowest BCUT2D eigenvalue weighted by molar-refractivity contribution is -0.384. The van der Waals surface area contributed by atoms with E-state index in [1.165, 1.54) is 6.07 Å². The van der Waals surface area contributed by atoms with Crippen molar-refractivity contribution in [1.29, 1.82) is 0 Å². The van der Waals surface area contributed by atoms with E-state index in [-0.39, 0.29) is 10.6 Å². The van der Waals surface area contributed by atoms with Crippen molar-refractivity contribution in [3.8, 4) is 0 Å². The fourth-order valence-corrected chi connectivity index (χ4v) is 2.58. The second kappa shape index (κ2) is 6.07. The van der Waals surface area contributed by atoms with E-state index < -0.39 is 0 Å². The van der Waals surface area contributed by atoms with Crippen molar-refractivity contribution in [3.63, 3.8) is 0 Å². The van der Waals surface area contributed by atoms with Crippen molar-refractivity contribution in [2.45, 2.75) is 27.2 Å². The molecule has 0 bridgehead atoms. The van der Waals surface area contributed by atoms with Crippen molar-refractivity contribution < 1.29 is 4.92 Å². The van der Waals surface area contributed by atoms with Crippen LogP contribution in [0.15, 0.2) is 12.1 Å². The minimum absolute atomic E-state index is 0.0962. The van der Waals surface area contributed by atoms with Gasteiger partial charge in [0.05, 0.1) is 17.1 Å². The van der Waals surface area contributed by atoms with Gasteiger partial charge in [-0.25, -0.2) is 4.98 Å². The van der Waals surface area contributed by atoms with Gasteiger partial charge < -0.3 is 10.2 Å². The van der Waals surface area contributed by atoms with E-state index in [1.807, 2.05) is 6.92 Å². The maximum Gasteiger partial charge on any atom is 0.276 e. The molecule has 1 unspecified atom stereocenters. The van der Waals surface area contributed by atoms with E-state index in [1.54, 1.807) is 6.07 Å². The third-order valence-corrected chi connectivity index (χ3v) is 3.86. The van der Waals surface area contributed by atoms with Crippen LogP contribution in [0.2, 0.25) is 0 Å². The van der Waals surface area contributed by atoms with Gasteiger partial charge >= 0.3 is 0 Å². The number of rotatable bonds is 5. The van der Waals surface area contributed by atoms with Gasteiger partial charge in [0.2, 0.25) is 0 Å². The van der Waals surface area contributed by atoms with Gasteiger partial charge in [-0.05, 0) is 25.2 Å². The lowest BCUT2D eigenvalue weighted by Crippen LogP contribution is -2.22. The summed E-state index contributed by atoms with van der Waals surface area (Å²) in [6.07, 6.45) is 1.12. The Labute approximate surface area is 119 Å². The number of nitrogens with one attached hydrogen (secondary N) is 1. The van der Waals surface area contributed by atoms with Gasteiger partial charge in [-0.15, -0.1) is 0 Å². The van der Waals surface area contributed by atoms with E-state index in [9.17, 15) is 10.1 Å². The second-order valence-electron chi connectivity index (χ2n) is 5.60. The highest BCUT2D eigenvalue weighted by Gasteiger charge is 2.27. The summed E-state index contributed by atoms with van der Waals surface area (Å²) in [5.74, 6) is 2.55. The zero-order chi connectivity index (χ0) is 14.7. The summed E-state index contributed by atoms with van der Waals surface area (Å²) in [5.41, 5.74) is 0.0962. The molecule has 1 N–H and O–H groups in total. The molecule has 110 valence electrons. The molecular formula is C14H22N4O2. The average Bonchev–Trinajstić information content (AvgIpc) is 2.88. The Balaban J connectivity index is 2.24. The summed E-state index contributed by atoms with van der Waals surface area (Å²) in [6, 6.07) is 3.06. The Morgan fingerprint density at radius 3 is 2.85 bits per heavy atom. The highest BCUT2D eigenvalue weighted by molar-refractivity contribution is 5.56. The first-order valence-electron chi connectivity index (χ1n) is 7.16. The summed E-state index contributed by atoms with van der Waals surface area (Å²) < 4.78 is 0. The molecule has 2 heterocycles. The van der Waals surface area contributed by atoms with Crippen LogP contribution in [0, 0.1) is 22.0 Å². The van der Waals surface area contributed by atoms with Crippen molar-refractivity contribution in [3.05, 3.63) is 22.2 Å². The molecule has 0 radical (unpaired) electrons. The van der Waals surface area contributed by atoms with E-state index in [2.05, 4.69) is 29.0 Å². The Morgan fingerprint density at radius 2 is 2.30 bits per heavy atom. The Hall–Kier alpha value is -1.85. The van der Waals surface area contributed by atoms with Crippen LogP contribution in [0.1, 0.15) is 27.2 Å². The average molecular weight is 278 g/mol. The first kappa shape index (κ1) is 14.6. The zero-order valence-electron chi connectivity index (χ0n) is 12.3. The van der Waals surface area contributed by atoms with Crippen molar-refractivity contribution in [1.82, 2.24) is 4.98 Å². The lowest BCUT2D eigenvalue weighted by atomic mass is 9.95. The maximum atomic E-state index is 11.0. The van der Waals surface area contributed by atoms with Crippen LogP contribution in [0.25, 0.3) is 0 Å². The first-order valence-corrected chi connectivity index (χ1v) is 7.16. The van der Waals surface area contributed by atoms with Crippen LogP contribution < -0.4 is 10.2 Å². The number of anilines is 2. The number of pyridine rings is 1. The Morgan fingerprint density at radius 1 is 1.55 bits per heavy atom. The van der Waals surface area contributed by atoms with Gasteiger partial charge in [0.15, 0.2) is 0 Å². The Kier molecular flexibility index (Phi) is 4.42. The SMILES string of the molecule is CCNc1cc([N+](=O)[O-])cc(N2CCC(C(C)C)C2)n1. The molecule has 0 aromatic carbocycles. The predicted molar refractivity (Wildman–Crippen MR) is 80.2 cm³/mol. The molecule has 1 atom stereocenters. The van der Waals surface area contributed by atoms with Crippen LogP contribution in [-0.4, -0.2) is 29.5 Å². The summed E-state index contributed by atoms with van der Waals surface area (Å²) >= 11 is 0. The quantitative estimate of drug-likeness (QED) is 0.662. The van der Waals surface area contributed by atoms with E-state index in [4.69, 9.17) is 0 Å². The standard InChI is InChI=1S/C14H22N4O2/c1-4-15-13-7-12(18(19)20)8-14(16-13)17-6-5-11(9-17)10(2)3/h7-8,10-11H,4-6,9H2,1-3H3,(H,15,16). The van der Waals surface area contributed by atoms with Gasteiger partial charge in [0.25, 0.3) is 5.69 Å². The maximum absolute atomic E-state index is 11.0. The van der Waals surface area contributed by atoms with Crippen LogP contribution >= 0.6 is 0 Å². The van der Waals surface area contributed by atoms with Crippen LogP contribution in [0.3, 0.4) is 0 Å². The molecule has 2 rings (SSSR count). The van der Waals surface area contributed by atoms with Crippen LogP contribution in [0.4, 0.5) is 17.3 Å². The summed E-state index contributed by atoms with van der Waals surface area (Å²) in [7, 11) is 0. The van der Waals surface area contributed by atoms with Crippen LogP contribution in [0.5, 0.6) is 0 Å². The third-order valence-electron chi connectivity index (χ3n) is 3.86.